The standard InChI is InChI=1S/C14H21ClN2O3/c1-18-12-7-10(6-11(15)14(12)19-2)13(17-16)9-4-3-5-20-8-9/h6-7,9,13,17H,3-5,8,16H2,1-2H3. The van der Waals surface area contributed by atoms with Gasteiger partial charge in [0.05, 0.1) is 31.9 Å². The van der Waals surface area contributed by atoms with Gasteiger partial charge >= 0.3 is 0 Å². The summed E-state index contributed by atoms with van der Waals surface area (Å²) in [6, 6.07) is 3.75. The van der Waals surface area contributed by atoms with E-state index in [9.17, 15) is 0 Å². The molecule has 0 amide bonds. The first kappa shape index (κ1) is 15.4. The lowest BCUT2D eigenvalue weighted by molar-refractivity contribution is 0.0390. The number of halogens is 1. The molecule has 3 N–H and O–H groups in total. The van der Waals surface area contributed by atoms with Crippen LogP contribution in [0.1, 0.15) is 24.4 Å². The molecule has 0 aromatic heterocycles. The average Bonchev–Trinajstić information content (AvgIpc) is 2.48. The molecular formula is C14H21ClN2O3. The van der Waals surface area contributed by atoms with Crippen LogP contribution in [0.5, 0.6) is 11.5 Å². The zero-order valence-corrected chi connectivity index (χ0v) is 12.6. The zero-order chi connectivity index (χ0) is 14.5. The Kier molecular flexibility index (Phi) is 5.48. The maximum absolute atomic E-state index is 6.25. The second kappa shape index (κ2) is 7.13. The molecule has 1 aromatic rings. The first-order chi connectivity index (χ1) is 9.71. The van der Waals surface area contributed by atoms with Gasteiger partial charge in [0.2, 0.25) is 0 Å². The van der Waals surface area contributed by atoms with Crippen LogP contribution in [0.25, 0.3) is 0 Å². The number of rotatable bonds is 5. The second-order valence-electron chi connectivity index (χ2n) is 4.86. The van der Waals surface area contributed by atoms with Gasteiger partial charge in [-0.2, -0.15) is 0 Å². The summed E-state index contributed by atoms with van der Waals surface area (Å²) in [7, 11) is 3.16. The van der Waals surface area contributed by atoms with Crippen molar-refractivity contribution in [1.82, 2.24) is 5.43 Å². The van der Waals surface area contributed by atoms with Crippen LogP contribution >= 0.6 is 11.6 Å². The Morgan fingerprint density at radius 2 is 2.20 bits per heavy atom. The number of nitrogens with two attached hydrogens (primary N) is 1. The summed E-state index contributed by atoms with van der Waals surface area (Å²) in [5.74, 6) is 7.19. The summed E-state index contributed by atoms with van der Waals surface area (Å²) in [6.07, 6.45) is 2.12. The fraction of sp³-hybridized carbons (Fsp3) is 0.571. The van der Waals surface area contributed by atoms with Crippen LogP contribution in [-0.4, -0.2) is 27.4 Å². The van der Waals surface area contributed by atoms with Crippen molar-refractivity contribution >= 4 is 11.6 Å². The van der Waals surface area contributed by atoms with Crippen molar-refractivity contribution in [2.24, 2.45) is 11.8 Å². The summed E-state index contributed by atoms with van der Waals surface area (Å²) in [5.41, 5.74) is 3.85. The number of hydrogen-bond acceptors (Lipinski definition) is 5. The molecule has 0 aliphatic carbocycles. The Bertz CT molecular complexity index is 450. The van der Waals surface area contributed by atoms with Gasteiger partial charge in [0.1, 0.15) is 0 Å². The molecular weight excluding hydrogens is 280 g/mol. The fourth-order valence-electron chi connectivity index (χ4n) is 2.65. The molecule has 6 heteroatoms. The predicted molar refractivity (Wildman–Crippen MR) is 78.2 cm³/mol. The van der Waals surface area contributed by atoms with E-state index in [1.807, 2.05) is 12.1 Å². The van der Waals surface area contributed by atoms with Gasteiger partial charge < -0.3 is 14.2 Å². The first-order valence-corrected chi connectivity index (χ1v) is 7.04. The van der Waals surface area contributed by atoms with E-state index < -0.39 is 0 Å². The molecule has 0 spiro atoms. The molecule has 1 aliphatic heterocycles. The number of benzene rings is 1. The van der Waals surface area contributed by atoms with Gasteiger partial charge in [0.25, 0.3) is 0 Å². The van der Waals surface area contributed by atoms with Crippen molar-refractivity contribution in [2.45, 2.75) is 18.9 Å². The molecule has 5 nitrogen and oxygen atoms in total. The van der Waals surface area contributed by atoms with Crippen molar-refractivity contribution in [1.29, 1.82) is 0 Å². The Hall–Kier alpha value is -1.01. The van der Waals surface area contributed by atoms with Crippen LogP contribution in [0.15, 0.2) is 12.1 Å². The molecule has 1 saturated heterocycles. The van der Waals surface area contributed by atoms with Gasteiger partial charge in [-0.05, 0) is 30.5 Å². The summed E-state index contributed by atoms with van der Waals surface area (Å²) in [6.45, 7) is 1.52. The normalized spacial score (nSPS) is 20.5. The summed E-state index contributed by atoms with van der Waals surface area (Å²) >= 11 is 6.25. The molecule has 2 rings (SSSR count). The highest BCUT2D eigenvalue weighted by Crippen LogP contribution is 2.39. The predicted octanol–water partition coefficient (Wildman–Crippen LogP) is 2.29. The van der Waals surface area contributed by atoms with Gasteiger partial charge in [-0.3, -0.25) is 11.3 Å². The SMILES string of the molecule is COc1cc(C(NN)C2CCCOC2)cc(Cl)c1OC. The summed E-state index contributed by atoms with van der Waals surface area (Å²) in [5, 5.41) is 0.513. The summed E-state index contributed by atoms with van der Waals surface area (Å²) in [4.78, 5) is 0. The van der Waals surface area contributed by atoms with Crippen LogP contribution in [0.3, 0.4) is 0 Å². The van der Waals surface area contributed by atoms with Gasteiger partial charge in [-0.1, -0.05) is 11.6 Å². The number of ether oxygens (including phenoxy) is 3. The van der Waals surface area contributed by atoms with Crippen molar-refractivity contribution < 1.29 is 14.2 Å². The highest BCUT2D eigenvalue weighted by Gasteiger charge is 2.26. The van der Waals surface area contributed by atoms with E-state index in [2.05, 4.69) is 5.43 Å². The smallest absolute Gasteiger partial charge is 0.179 e. The van der Waals surface area contributed by atoms with Crippen LogP contribution in [0, 0.1) is 5.92 Å². The van der Waals surface area contributed by atoms with Crippen LogP contribution in [-0.2, 0) is 4.74 Å². The molecule has 2 atom stereocenters. The number of hydrazine groups is 1. The molecule has 1 fully saturated rings. The minimum absolute atomic E-state index is 0.0207. The van der Waals surface area contributed by atoms with Gasteiger partial charge in [0, 0.05) is 12.5 Å². The van der Waals surface area contributed by atoms with Crippen molar-refractivity contribution in [3.05, 3.63) is 22.7 Å². The topological polar surface area (TPSA) is 65.7 Å². The minimum Gasteiger partial charge on any atom is -0.493 e. The molecule has 1 aliphatic rings. The molecule has 0 saturated carbocycles. The number of hydrogen-bond donors (Lipinski definition) is 2. The van der Waals surface area contributed by atoms with E-state index in [1.54, 1.807) is 14.2 Å². The lowest BCUT2D eigenvalue weighted by Gasteiger charge is -2.30. The van der Waals surface area contributed by atoms with Gasteiger partial charge in [-0.25, -0.2) is 0 Å². The molecule has 20 heavy (non-hydrogen) atoms. The van der Waals surface area contributed by atoms with Crippen LogP contribution in [0.2, 0.25) is 5.02 Å². The van der Waals surface area contributed by atoms with E-state index in [4.69, 9.17) is 31.7 Å². The van der Waals surface area contributed by atoms with Crippen LogP contribution in [0.4, 0.5) is 0 Å². The van der Waals surface area contributed by atoms with E-state index in [0.717, 1.165) is 25.0 Å². The molecule has 1 heterocycles. The van der Waals surface area contributed by atoms with E-state index in [1.165, 1.54) is 0 Å². The average molecular weight is 301 g/mol. The third-order valence-corrected chi connectivity index (χ3v) is 3.94. The number of methoxy groups -OCH3 is 2. The van der Waals surface area contributed by atoms with E-state index in [-0.39, 0.29) is 6.04 Å². The van der Waals surface area contributed by atoms with Crippen molar-refractivity contribution in [3.8, 4) is 11.5 Å². The maximum Gasteiger partial charge on any atom is 0.179 e. The van der Waals surface area contributed by atoms with Gasteiger partial charge in [0.15, 0.2) is 11.5 Å². The summed E-state index contributed by atoms with van der Waals surface area (Å²) < 4.78 is 16.1. The lowest BCUT2D eigenvalue weighted by Crippen LogP contribution is -2.37. The third-order valence-electron chi connectivity index (χ3n) is 3.66. The molecule has 2 unspecified atom stereocenters. The molecule has 0 radical (unpaired) electrons. The van der Waals surface area contributed by atoms with E-state index in [0.29, 0.717) is 29.0 Å². The highest BCUT2D eigenvalue weighted by molar-refractivity contribution is 6.32. The van der Waals surface area contributed by atoms with Gasteiger partial charge in [-0.15, -0.1) is 0 Å². The second-order valence-corrected chi connectivity index (χ2v) is 5.27. The maximum atomic E-state index is 6.25. The zero-order valence-electron chi connectivity index (χ0n) is 11.8. The monoisotopic (exact) mass is 300 g/mol. The van der Waals surface area contributed by atoms with E-state index >= 15 is 0 Å². The lowest BCUT2D eigenvalue weighted by atomic mass is 9.89. The molecule has 0 bridgehead atoms. The van der Waals surface area contributed by atoms with Crippen LogP contribution < -0.4 is 20.7 Å². The van der Waals surface area contributed by atoms with Crippen molar-refractivity contribution in [2.75, 3.05) is 27.4 Å². The fourth-order valence-corrected chi connectivity index (χ4v) is 2.95. The molecule has 1 aromatic carbocycles. The largest absolute Gasteiger partial charge is 0.493 e. The van der Waals surface area contributed by atoms with Crippen molar-refractivity contribution in [3.63, 3.8) is 0 Å². The highest BCUT2D eigenvalue weighted by atomic mass is 35.5. The quantitative estimate of drug-likeness (QED) is 0.645. The molecule has 112 valence electrons. The Morgan fingerprint density at radius 1 is 1.40 bits per heavy atom. The third kappa shape index (κ3) is 3.17. The Balaban J connectivity index is 2.31. The Morgan fingerprint density at radius 3 is 2.75 bits per heavy atom. The Labute approximate surface area is 124 Å². The first-order valence-electron chi connectivity index (χ1n) is 6.66. The number of nitrogens with one attached hydrogen (secondary N) is 1. The minimum atomic E-state index is -0.0207.